The number of carboxylic acids is 1. The number of phenols is 1. The van der Waals surface area contributed by atoms with Crippen LogP contribution in [0.4, 0.5) is 4.79 Å². The van der Waals surface area contributed by atoms with Gasteiger partial charge in [-0.05, 0) is 49.8 Å². The van der Waals surface area contributed by atoms with Crippen molar-refractivity contribution in [1.29, 1.82) is 0 Å². The van der Waals surface area contributed by atoms with Crippen molar-refractivity contribution in [2.24, 2.45) is 5.92 Å². The molecule has 2 amide bonds. The number of carbonyl (C=O) groups is 2. The highest BCUT2D eigenvalue weighted by atomic mass is 16.4. The molecule has 4 N–H and O–H groups in total. The van der Waals surface area contributed by atoms with Crippen LogP contribution in [0.1, 0.15) is 31.2 Å². The van der Waals surface area contributed by atoms with Gasteiger partial charge in [-0.3, -0.25) is 4.79 Å². The van der Waals surface area contributed by atoms with Gasteiger partial charge in [0.2, 0.25) is 0 Å². The number of nitrogens with one attached hydrogen (secondary N) is 2. The number of phenolic OH excluding ortho intramolecular Hbond substituents is 1. The molecule has 2 rings (SSSR count). The van der Waals surface area contributed by atoms with E-state index in [4.69, 9.17) is 5.11 Å². The number of hydrogen-bond donors (Lipinski definition) is 4. The van der Waals surface area contributed by atoms with E-state index in [0.29, 0.717) is 38.6 Å². The average Bonchev–Trinajstić information content (AvgIpc) is 2.48. The Morgan fingerprint density at radius 1 is 1.18 bits per heavy atom. The highest BCUT2D eigenvalue weighted by molar-refractivity contribution is 5.74. The lowest BCUT2D eigenvalue weighted by molar-refractivity contribution is -0.142. The molecule has 0 spiro atoms. The molecular formula is C16H22N2O4. The molecule has 0 unspecified atom stereocenters. The topological polar surface area (TPSA) is 98.7 Å². The summed E-state index contributed by atoms with van der Waals surface area (Å²) in [5.41, 5.74) is 0.960. The molecular weight excluding hydrogens is 284 g/mol. The van der Waals surface area contributed by atoms with E-state index in [-0.39, 0.29) is 23.7 Å². The van der Waals surface area contributed by atoms with Crippen molar-refractivity contribution in [2.45, 2.75) is 38.1 Å². The first kappa shape index (κ1) is 16.1. The quantitative estimate of drug-likeness (QED) is 0.667. The molecule has 0 atom stereocenters. The first-order valence-electron chi connectivity index (χ1n) is 7.59. The first-order valence-corrected chi connectivity index (χ1v) is 7.59. The summed E-state index contributed by atoms with van der Waals surface area (Å²) in [5, 5.41) is 24.0. The molecule has 0 saturated heterocycles. The second-order valence-corrected chi connectivity index (χ2v) is 5.71. The van der Waals surface area contributed by atoms with Crippen LogP contribution in [-0.4, -0.2) is 34.8 Å². The lowest BCUT2D eigenvalue weighted by Crippen LogP contribution is -2.44. The molecule has 6 heteroatoms. The number of amides is 2. The molecule has 0 heterocycles. The van der Waals surface area contributed by atoms with Gasteiger partial charge in [0.05, 0.1) is 5.92 Å². The third-order valence-electron chi connectivity index (χ3n) is 4.02. The normalized spacial score (nSPS) is 21.1. The molecule has 1 saturated carbocycles. The summed E-state index contributed by atoms with van der Waals surface area (Å²) in [5.74, 6) is -0.793. The number of carboxylic acid groups (broad SMARTS) is 1. The summed E-state index contributed by atoms with van der Waals surface area (Å²) in [7, 11) is 0. The van der Waals surface area contributed by atoms with Crippen LogP contribution in [0.15, 0.2) is 24.3 Å². The van der Waals surface area contributed by atoms with E-state index >= 15 is 0 Å². The third kappa shape index (κ3) is 4.95. The van der Waals surface area contributed by atoms with Gasteiger partial charge in [0.15, 0.2) is 0 Å². The standard InChI is InChI=1S/C16H22N2O4/c19-14-3-1-2-11(10-14)8-9-17-16(22)18-13-6-4-12(5-7-13)15(20)21/h1-3,10,12-13,19H,4-9H2,(H,20,21)(H2,17,18,22). The Kier molecular flexibility index (Phi) is 5.63. The molecule has 1 aromatic carbocycles. The lowest BCUT2D eigenvalue weighted by atomic mass is 9.86. The molecule has 22 heavy (non-hydrogen) atoms. The Bertz CT molecular complexity index is 525. The van der Waals surface area contributed by atoms with E-state index in [1.807, 2.05) is 6.07 Å². The monoisotopic (exact) mass is 306 g/mol. The summed E-state index contributed by atoms with van der Waals surface area (Å²) in [4.78, 5) is 22.7. The summed E-state index contributed by atoms with van der Waals surface area (Å²) >= 11 is 0. The molecule has 0 bridgehead atoms. The van der Waals surface area contributed by atoms with Crippen LogP contribution in [0, 0.1) is 5.92 Å². The SMILES string of the molecule is O=C(NCCc1cccc(O)c1)NC1CCC(C(=O)O)CC1. The van der Waals surface area contributed by atoms with Crippen molar-refractivity contribution in [3.63, 3.8) is 0 Å². The van der Waals surface area contributed by atoms with E-state index in [1.165, 1.54) is 0 Å². The smallest absolute Gasteiger partial charge is 0.315 e. The molecule has 1 aliphatic carbocycles. The Labute approximate surface area is 129 Å². The largest absolute Gasteiger partial charge is 0.508 e. The van der Waals surface area contributed by atoms with Crippen LogP contribution in [0.3, 0.4) is 0 Å². The number of carbonyl (C=O) groups excluding carboxylic acids is 1. The second kappa shape index (κ2) is 7.68. The Morgan fingerprint density at radius 2 is 1.91 bits per heavy atom. The number of aromatic hydroxyl groups is 1. The van der Waals surface area contributed by atoms with Gasteiger partial charge in [0.25, 0.3) is 0 Å². The minimum absolute atomic E-state index is 0.0522. The van der Waals surface area contributed by atoms with Gasteiger partial charge in [-0.2, -0.15) is 0 Å². The summed E-state index contributed by atoms with van der Waals surface area (Å²) in [6, 6.07) is 6.78. The van der Waals surface area contributed by atoms with Crippen molar-refractivity contribution in [1.82, 2.24) is 10.6 Å². The number of aliphatic carboxylic acids is 1. The fraction of sp³-hybridized carbons (Fsp3) is 0.500. The van der Waals surface area contributed by atoms with Crippen LogP contribution in [0.2, 0.25) is 0 Å². The van der Waals surface area contributed by atoms with E-state index in [9.17, 15) is 14.7 Å². The van der Waals surface area contributed by atoms with Gasteiger partial charge in [0, 0.05) is 12.6 Å². The molecule has 0 aliphatic heterocycles. The van der Waals surface area contributed by atoms with Crippen molar-refractivity contribution in [3.05, 3.63) is 29.8 Å². The fourth-order valence-electron chi connectivity index (χ4n) is 2.75. The highest BCUT2D eigenvalue weighted by Crippen LogP contribution is 2.24. The minimum atomic E-state index is -0.742. The van der Waals surface area contributed by atoms with E-state index in [0.717, 1.165) is 5.56 Å². The number of hydrogen-bond acceptors (Lipinski definition) is 3. The summed E-state index contributed by atoms with van der Waals surface area (Å²) in [6.07, 6.45) is 3.29. The zero-order valence-corrected chi connectivity index (χ0v) is 12.4. The Balaban J connectivity index is 1.65. The van der Waals surface area contributed by atoms with Crippen LogP contribution in [-0.2, 0) is 11.2 Å². The van der Waals surface area contributed by atoms with Crippen LogP contribution in [0.5, 0.6) is 5.75 Å². The molecule has 0 aromatic heterocycles. The molecule has 1 aromatic rings. The highest BCUT2D eigenvalue weighted by Gasteiger charge is 2.26. The number of urea groups is 1. The van der Waals surface area contributed by atoms with E-state index in [1.54, 1.807) is 18.2 Å². The predicted octanol–water partition coefficient (Wildman–Crippen LogP) is 1.88. The maximum Gasteiger partial charge on any atom is 0.315 e. The van der Waals surface area contributed by atoms with Crippen molar-refractivity contribution < 1.29 is 19.8 Å². The van der Waals surface area contributed by atoms with Gasteiger partial charge in [-0.15, -0.1) is 0 Å². The Morgan fingerprint density at radius 3 is 2.55 bits per heavy atom. The minimum Gasteiger partial charge on any atom is -0.508 e. The Hall–Kier alpha value is -2.24. The number of rotatable bonds is 5. The predicted molar refractivity (Wildman–Crippen MR) is 81.7 cm³/mol. The van der Waals surface area contributed by atoms with Crippen LogP contribution < -0.4 is 10.6 Å². The molecule has 120 valence electrons. The van der Waals surface area contributed by atoms with Crippen molar-refractivity contribution in [2.75, 3.05) is 6.54 Å². The maximum absolute atomic E-state index is 11.8. The average molecular weight is 306 g/mol. The van der Waals surface area contributed by atoms with Gasteiger partial charge in [0.1, 0.15) is 5.75 Å². The van der Waals surface area contributed by atoms with Crippen LogP contribution in [0.25, 0.3) is 0 Å². The third-order valence-corrected chi connectivity index (χ3v) is 4.02. The number of benzene rings is 1. The zero-order chi connectivity index (χ0) is 15.9. The molecule has 6 nitrogen and oxygen atoms in total. The van der Waals surface area contributed by atoms with Gasteiger partial charge < -0.3 is 20.8 Å². The van der Waals surface area contributed by atoms with Gasteiger partial charge >= 0.3 is 12.0 Å². The zero-order valence-electron chi connectivity index (χ0n) is 12.4. The van der Waals surface area contributed by atoms with Crippen molar-refractivity contribution in [3.8, 4) is 5.75 Å². The second-order valence-electron chi connectivity index (χ2n) is 5.71. The maximum atomic E-state index is 11.8. The van der Waals surface area contributed by atoms with Gasteiger partial charge in [-0.25, -0.2) is 4.79 Å². The lowest BCUT2D eigenvalue weighted by Gasteiger charge is -2.26. The van der Waals surface area contributed by atoms with Crippen molar-refractivity contribution >= 4 is 12.0 Å². The van der Waals surface area contributed by atoms with Gasteiger partial charge in [-0.1, -0.05) is 12.1 Å². The van der Waals surface area contributed by atoms with E-state index < -0.39 is 5.97 Å². The molecule has 1 aliphatic rings. The summed E-state index contributed by atoms with van der Waals surface area (Å²) in [6.45, 7) is 0.486. The molecule has 0 radical (unpaired) electrons. The fourth-order valence-corrected chi connectivity index (χ4v) is 2.75. The first-order chi connectivity index (χ1) is 10.5. The summed E-state index contributed by atoms with van der Waals surface area (Å²) < 4.78 is 0. The van der Waals surface area contributed by atoms with E-state index in [2.05, 4.69) is 10.6 Å². The molecule has 1 fully saturated rings. The van der Waals surface area contributed by atoms with Crippen LogP contribution >= 0.6 is 0 Å².